The monoisotopic (exact) mass is 389 g/mol. The maximum atomic E-state index is 12.9. The fraction of sp³-hybridized carbons (Fsp3) is 0.600. The number of carbonyl (C=O) groups excluding carboxylic acids is 3. The molecule has 0 bridgehead atoms. The number of pyridine rings is 1. The lowest BCUT2D eigenvalue weighted by Gasteiger charge is -2.29. The van der Waals surface area contributed by atoms with Crippen molar-refractivity contribution in [2.45, 2.75) is 58.0 Å². The number of ether oxygens (including phenoxy) is 1. The second-order valence-electron chi connectivity index (χ2n) is 8.21. The van der Waals surface area contributed by atoms with E-state index in [4.69, 9.17) is 4.74 Å². The van der Waals surface area contributed by atoms with Gasteiger partial charge in [-0.15, -0.1) is 0 Å². The predicted molar refractivity (Wildman–Crippen MR) is 102 cm³/mol. The first-order valence-electron chi connectivity index (χ1n) is 9.68. The molecule has 1 aromatic heterocycles. The zero-order chi connectivity index (χ0) is 20.3. The smallest absolute Gasteiger partial charge is 0.252 e. The first-order valence-corrected chi connectivity index (χ1v) is 9.68. The Morgan fingerprint density at radius 3 is 2.61 bits per heavy atom. The van der Waals surface area contributed by atoms with Crippen LogP contribution < -0.4 is 16.2 Å². The number of hydrogen-bond acceptors (Lipinski definition) is 5. The van der Waals surface area contributed by atoms with E-state index in [2.05, 4.69) is 22.5 Å². The van der Waals surface area contributed by atoms with Crippen LogP contribution >= 0.6 is 0 Å². The number of hydrogen-bond donors (Lipinski definition) is 3. The molecule has 8 nitrogen and oxygen atoms in total. The van der Waals surface area contributed by atoms with Crippen molar-refractivity contribution >= 4 is 17.6 Å². The van der Waals surface area contributed by atoms with Crippen molar-refractivity contribution in [2.75, 3.05) is 13.2 Å². The van der Waals surface area contributed by atoms with E-state index < -0.39 is 23.9 Å². The molecule has 2 atom stereocenters. The van der Waals surface area contributed by atoms with E-state index in [0.29, 0.717) is 12.1 Å². The molecule has 8 heteroatoms. The van der Waals surface area contributed by atoms with E-state index in [1.807, 2.05) is 0 Å². The van der Waals surface area contributed by atoms with Gasteiger partial charge in [0.15, 0.2) is 5.78 Å². The van der Waals surface area contributed by atoms with Gasteiger partial charge in [0.05, 0.1) is 6.61 Å². The van der Waals surface area contributed by atoms with Crippen LogP contribution in [0, 0.1) is 12.3 Å². The topological polar surface area (TPSA) is 117 Å². The average Bonchev–Trinajstić information content (AvgIpc) is 3.22. The summed E-state index contributed by atoms with van der Waals surface area (Å²) < 4.78 is 5.09. The van der Waals surface area contributed by atoms with Gasteiger partial charge < -0.3 is 20.4 Å². The molecule has 0 spiro atoms. The van der Waals surface area contributed by atoms with Crippen molar-refractivity contribution in [3.63, 3.8) is 0 Å². The predicted octanol–water partition coefficient (Wildman–Crippen LogP) is 0.836. The summed E-state index contributed by atoms with van der Waals surface area (Å²) in [5.74, 6) is -1.05. The Labute approximate surface area is 163 Å². The van der Waals surface area contributed by atoms with Crippen LogP contribution in [-0.4, -0.2) is 47.9 Å². The van der Waals surface area contributed by atoms with Crippen molar-refractivity contribution in [3.8, 4) is 0 Å². The van der Waals surface area contributed by atoms with E-state index in [0.717, 1.165) is 25.7 Å². The fourth-order valence-corrected chi connectivity index (χ4v) is 4.06. The number of ketones is 1. The lowest BCUT2D eigenvalue weighted by molar-refractivity contribution is -0.127. The fourth-order valence-electron chi connectivity index (χ4n) is 4.06. The van der Waals surface area contributed by atoms with Crippen molar-refractivity contribution in [2.24, 2.45) is 5.41 Å². The second-order valence-corrected chi connectivity index (χ2v) is 8.21. The molecule has 1 aliphatic heterocycles. The molecule has 1 saturated carbocycles. The molecule has 2 fully saturated rings. The molecule has 1 aliphatic carbocycles. The highest BCUT2D eigenvalue weighted by molar-refractivity contribution is 5.98. The van der Waals surface area contributed by atoms with Crippen LogP contribution in [0.1, 0.15) is 55.1 Å². The highest BCUT2D eigenvalue weighted by atomic mass is 16.5. The lowest BCUT2D eigenvalue weighted by atomic mass is 9.81. The zero-order valence-corrected chi connectivity index (χ0v) is 16.3. The number of nitrogens with one attached hydrogen (secondary N) is 3. The van der Waals surface area contributed by atoms with E-state index in [1.165, 1.54) is 6.07 Å². The maximum absolute atomic E-state index is 12.9. The van der Waals surface area contributed by atoms with Gasteiger partial charge in [0, 0.05) is 17.3 Å². The third-order valence-electron chi connectivity index (χ3n) is 5.60. The molecule has 1 saturated heterocycles. The first kappa shape index (κ1) is 20.3. The Balaban J connectivity index is 1.76. The lowest BCUT2D eigenvalue weighted by Crippen LogP contribution is -2.52. The molecule has 0 radical (unpaired) electrons. The SMILES string of the molecule is Cc1cc(C(=O)NC(CC2(C)CCCC2)C(=O)NC2COCC2=O)cc(=O)[nH]1. The minimum atomic E-state index is -0.788. The molecule has 2 aliphatic rings. The minimum absolute atomic E-state index is 0.00818. The van der Waals surface area contributed by atoms with Crippen LogP contribution in [0.5, 0.6) is 0 Å². The molecule has 28 heavy (non-hydrogen) atoms. The number of Topliss-reactive ketones (excluding diaryl/α,β-unsaturated/α-hetero) is 1. The van der Waals surface area contributed by atoms with Crippen molar-refractivity contribution in [3.05, 3.63) is 33.7 Å². The van der Waals surface area contributed by atoms with Crippen molar-refractivity contribution in [1.29, 1.82) is 0 Å². The molecule has 2 unspecified atom stereocenters. The largest absolute Gasteiger partial charge is 0.371 e. The van der Waals surface area contributed by atoms with Gasteiger partial charge in [0.1, 0.15) is 18.7 Å². The van der Waals surface area contributed by atoms with Gasteiger partial charge in [-0.2, -0.15) is 0 Å². The molecule has 2 amide bonds. The summed E-state index contributed by atoms with van der Waals surface area (Å²) in [5.41, 5.74) is 0.351. The van der Waals surface area contributed by atoms with Gasteiger partial charge in [-0.3, -0.25) is 19.2 Å². The zero-order valence-electron chi connectivity index (χ0n) is 16.3. The Hall–Kier alpha value is -2.48. The molecule has 3 N–H and O–H groups in total. The highest BCUT2D eigenvalue weighted by Crippen LogP contribution is 2.41. The van der Waals surface area contributed by atoms with Crippen LogP contribution in [0.4, 0.5) is 0 Å². The number of H-pyrrole nitrogens is 1. The third-order valence-corrected chi connectivity index (χ3v) is 5.60. The molecule has 0 aromatic carbocycles. The number of amides is 2. The van der Waals surface area contributed by atoms with Crippen LogP contribution in [0.25, 0.3) is 0 Å². The molecular formula is C20H27N3O5. The second kappa shape index (κ2) is 8.26. The minimum Gasteiger partial charge on any atom is -0.371 e. The summed E-state index contributed by atoms with van der Waals surface area (Å²) in [5, 5.41) is 5.48. The summed E-state index contributed by atoms with van der Waals surface area (Å²) in [6.07, 6.45) is 4.65. The van der Waals surface area contributed by atoms with Crippen LogP contribution in [0.2, 0.25) is 0 Å². The Kier molecular flexibility index (Phi) is 5.98. The van der Waals surface area contributed by atoms with E-state index in [9.17, 15) is 19.2 Å². The Morgan fingerprint density at radius 2 is 2.00 bits per heavy atom. The van der Waals surface area contributed by atoms with E-state index >= 15 is 0 Å². The van der Waals surface area contributed by atoms with Gasteiger partial charge in [-0.1, -0.05) is 19.8 Å². The maximum Gasteiger partial charge on any atom is 0.252 e. The average molecular weight is 389 g/mol. The quantitative estimate of drug-likeness (QED) is 0.666. The molecular weight excluding hydrogens is 362 g/mol. The first-order chi connectivity index (χ1) is 13.3. The molecule has 152 valence electrons. The number of aryl methyl sites for hydroxylation is 1. The number of rotatable bonds is 6. The van der Waals surface area contributed by atoms with Gasteiger partial charge in [-0.05, 0) is 37.7 Å². The summed E-state index contributed by atoms with van der Waals surface area (Å²) in [7, 11) is 0. The summed E-state index contributed by atoms with van der Waals surface area (Å²) >= 11 is 0. The highest BCUT2D eigenvalue weighted by Gasteiger charge is 2.37. The van der Waals surface area contributed by atoms with Crippen LogP contribution in [-0.2, 0) is 14.3 Å². The van der Waals surface area contributed by atoms with E-state index in [1.54, 1.807) is 13.0 Å². The number of aromatic nitrogens is 1. The van der Waals surface area contributed by atoms with Crippen LogP contribution in [0.3, 0.4) is 0 Å². The standard InChI is InChI=1S/C20H27N3O5/c1-12-7-13(8-17(25)21-12)18(26)22-14(9-20(2)5-3-4-6-20)19(27)23-15-10-28-11-16(15)24/h7-8,14-15H,3-6,9-11H2,1-2H3,(H,21,25)(H,22,26)(H,23,27). The Bertz CT molecular complexity index is 825. The van der Waals surface area contributed by atoms with Gasteiger partial charge in [0.25, 0.3) is 5.91 Å². The van der Waals surface area contributed by atoms with E-state index in [-0.39, 0.29) is 35.5 Å². The van der Waals surface area contributed by atoms with Gasteiger partial charge in [0.2, 0.25) is 11.5 Å². The number of carbonyl (C=O) groups is 3. The summed E-state index contributed by atoms with van der Waals surface area (Å²) in [4.78, 5) is 51.6. The normalized spacial score (nSPS) is 22.1. The molecule has 3 rings (SSSR count). The summed E-state index contributed by atoms with van der Waals surface area (Å²) in [6.45, 7) is 3.95. The summed E-state index contributed by atoms with van der Waals surface area (Å²) in [6, 6.07) is 1.31. The molecule has 2 heterocycles. The molecule has 1 aromatic rings. The van der Waals surface area contributed by atoms with Crippen molar-refractivity contribution < 1.29 is 19.1 Å². The van der Waals surface area contributed by atoms with Crippen LogP contribution in [0.15, 0.2) is 16.9 Å². The van der Waals surface area contributed by atoms with Gasteiger partial charge >= 0.3 is 0 Å². The van der Waals surface area contributed by atoms with Gasteiger partial charge in [-0.25, -0.2) is 0 Å². The number of aromatic amines is 1. The van der Waals surface area contributed by atoms with Crippen molar-refractivity contribution in [1.82, 2.24) is 15.6 Å². The third kappa shape index (κ3) is 4.86. The Morgan fingerprint density at radius 1 is 1.29 bits per heavy atom.